The molecule has 0 bridgehead atoms. The van der Waals surface area contributed by atoms with Crippen molar-refractivity contribution in [2.24, 2.45) is 11.8 Å². The van der Waals surface area contributed by atoms with Crippen molar-refractivity contribution in [3.63, 3.8) is 0 Å². The van der Waals surface area contributed by atoms with Gasteiger partial charge in [0, 0.05) is 12.3 Å². The fraction of sp³-hybridized carbons (Fsp3) is 1.00. The second-order valence-electron chi connectivity index (χ2n) is 5.19. The molecule has 1 N–H and O–H groups in total. The highest BCUT2D eigenvalue weighted by Gasteiger charge is 2.55. The van der Waals surface area contributed by atoms with Crippen LogP contribution in [0.3, 0.4) is 0 Å². The maximum Gasteiger partial charge on any atom is 0.174 e. The first-order valence-corrected chi connectivity index (χ1v) is 6.28. The van der Waals surface area contributed by atoms with Gasteiger partial charge in [-0.15, -0.1) is 0 Å². The predicted molar refractivity (Wildman–Crippen MR) is 55.3 cm³/mol. The van der Waals surface area contributed by atoms with Gasteiger partial charge in [0.2, 0.25) is 0 Å². The van der Waals surface area contributed by atoms with Crippen LogP contribution in [0.4, 0.5) is 0 Å². The normalized spacial score (nSPS) is 44.2. The van der Waals surface area contributed by atoms with E-state index in [-0.39, 0.29) is 12.0 Å². The molecule has 1 saturated heterocycles. The summed E-state index contributed by atoms with van der Waals surface area (Å²) in [5.41, 5.74) is 0. The first-order chi connectivity index (χ1) is 7.32. The van der Waals surface area contributed by atoms with Crippen molar-refractivity contribution in [1.82, 2.24) is 0 Å². The quantitative estimate of drug-likeness (QED) is 0.664. The fourth-order valence-electron chi connectivity index (χ4n) is 3.77. The molecule has 86 valence electrons. The molecule has 3 atom stereocenters. The second kappa shape index (κ2) is 3.72. The Morgan fingerprint density at radius 1 is 1.00 bits per heavy atom. The second-order valence-corrected chi connectivity index (χ2v) is 5.19. The minimum atomic E-state index is -0.408. The number of aliphatic hydroxyl groups is 1. The predicted octanol–water partition coefficient (Wildman–Crippen LogP) is 1.69. The Balaban J connectivity index is 1.86. The van der Waals surface area contributed by atoms with Gasteiger partial charge >= 0.3 is 0 Å². The van der Waals surface area contributed by atoms with Gasteiger partial charge in [-0.1, -0.05) is 12.8 Å². The maximum atomic E-state index is 10.2. The van der Waals surface area contributed by atoms with E-state index in [0.29, 0.717) is 19.1 Å². The van der Waals surface area contributed by atoms with Crippen molar-refractivity contribution in [1.29, 1.82) is 0 Å². The Kier molecular flexibility index (Phi) is 2.49. The zero-order valence-electron chi connectivity index (χ0n) is 9.15. The molecule has 3 heteroatoms. The molecule has 0 unspecified atom stereocenters. The summed E-state index contributed by atoms with van der Waals surface area (Å²) in [6.45, 7) is 1.41. The van der Waals surface area contributed by atoms with E-state index in [0.717, 1.165) is 19.3 Å². The Labute approximate surface area is 90.8 Å². The Bertz CT molecular complexity index is 235. The van der Waals surface area contributed by atoms with Gasteiger partial charge in [-0.25, -0.2) is 0 Å². The monoisotopic (exact) mass is 212 g/mol. The highest BCUT2D eigenvalue weighted by molar-refractivity contribution is 4.98. The van der Waals surface area contributed by atoms with E-state index < -0.39 is 5.79 Å². The molecule has 15 heavy (non-hydrogen) atoms. The van der Waals surface area contributed by atoms with Crippen LogP contribution in [-0.2, 0) is 9.47 Å². The van der Waals surface area contributed by atoms with Crippen LogP contribution in [-0.4, -0.2) is 30.2 Å². The zero-order chi connectivity index (χ0) is 10.3. The summed E-state index contributed by atoms with van der Waals surface area (Å²) in [6, 6.07) is 0. The summed E-state index contributed by atoms with van der Waals surface area (Å²) in [5.74, 6) is 0.456. The molecule has 1 spiro atoms. The Morgan fingerprint density at radius 3 is 2.53 bits per heavy atom. The standard InChI is InChI=1S/C12H20O3/c13-10-4-2-1-3-9-5-6-12(11(9)10)14-7-8-15-12/h9-11,13H,1-8H2/t9-,10-,11-/m0/s1. The highest BCUT2D eigenvalue weighted by atomic mass is 16.7. The SMILES string of the molecule is O[C@H]1CCCC[C@H]2CCC3(OCCO3)[C@@H]21. The van der Waals surface area contributed by atoms with Crippen molar-refractivity contribution >= 4 is 0 Å². The molecule has 0 aromatic rings. The molecule has 0 aromatic carbocycles. The van der Waals surface area contributed by atoms with Crippen LogP contribution in [0.25, 0.3) is 0 Å². The van der Waals surface area contributed by atoms with Crippen LogP contribution >= 0.6 is 0 Å². The lowest BCUT2D eigenvalue weighted by Crippen LogP contribution is -2.43. The van der Waals surface area contributed by atoms with Gasteiger partial charge in [0.1, 0.15) is 0 Å². The first-order valence-electron chi connectivity index (χ1n) is 6.28. The molecule has 0 aromatic heterocycles. The van der Waals surface area contributed by atoms with Gasteiger partial charge in [0.25, 0.3) is 0 Å². The van der Waals surface area contributed by atoms with Gasteiger partial charge < -0.3 is 14.6 Å². The molecular formula is C12H20O3. The van der Waals surface area contributed by atoms with Gasteiger partial charge in [-0.05, 0) is 25.2 Å². The molecular weight excluding hydrogens is 192 g/mol. The lowest BCUT2D eigenvalue weighted by molar-refractivity contribution is -0.207. The molecule has 3 fully saturated rings. The molecule has 2 saturated carbocycles. The minimum Gasteiger partial charge on any atom is -0.393 e. The fourth-order valence-corrected chi connectivity index (χ4v) is 3.77. The third kappa shape index (κ3) is 1.52. The molecule has 0 radical (unpaired) electrons. The van der Waals surface area contributed by atoms with E-state index in [4.69, 9.17) is 9.47 Å². The average Bonchev–Trinajstić information content (AvgIpc) is 2.78. The topological polar surface area (TPSA) is 38.7 Å². The van der Waals surface area contributed by atoms with Crippen molar-refractivity contribution in [2.45, 2.75) is 50.4 Å². The summed E-state index contributed by atoms with van der Waals surface area (Å²) in [6.07, 6.45) is 6.53. The average molecular weight is 212 g/mol. The van der Waals surface area contributed by atoms with Gasteiger partial charge in [-0.3, -0.25) is 0 Å². The molecule has 2 aliphatic carbocycles. The highest BCUT2D eigenvalue weighted by Crippen LogP contribution is 2.51. The number of hydrogen-bond donors (Lipinski definition) is 1. The van der Waals surface area contributed by atoms with Crippen LogP contribution in [0.1, 0.15) is 38.5 Å². The third-order valence-electron chi connectivity index (χ3n) is 4.39. The van der Waals surface area contributed by atoms with E-state index in [2.05, 4.69) is 0 Å². The van der Waals surface area contributed by atoms with Gasteiger partial charge in [0.05, 0.1) is 19.3 Å². The van der Waals surface area contributed by atoms with Crippen molar-refractivity contribution in [3.8, 4) is 0 Å². The van der Waals surface area contributed by atoms with Crippen LogP contribution in [0.5, 0.6) is 0 Å². The Hall–Kier alpha value is -0.120. The molecule has 3 nitrogen and oxygen atoms in total. The maximum absolute atomic E-state index is 10.2. The summed E-state index contributed by atoms with van der Waals surface area (Å²) < 4.78 is 11.6. The Morgan fingerprint density at radius 2 is 1.73 bits per heavy atom. The number of hydrogen-bond acceptors (Lipinski definition) is 3. The number of rotatable bonds is 0. The smallest absolute Gasteiger partial charge is 0.174 e. The van der Waals surface area contributed by atoms with E-state index >= 15 is 0 Å². The third-order valence-corrected chi connectivity index (χ3v) is 4.39. The molecule has 1 heterocycles. The van der Waals surface area contributed by atoms with Crippen LogP contribution < -0.4 is 0 Å². The number of fused-ring (bicyclic) bond motifs is 2. The molecule has 0 amide bonds. The minimum absolute atomic E-state index is 0.210. The van der Waals surface area contributed by atoms with Crippen LogP contribution in [0.15, 0.2) is 0 Å². The van der Waals surface area contributed by atoms with E-state index in [1.165, 1.54) is 19.3 Å². The largest absolute Gasteiger partial charge is 0.393 e. The van der Waals surface area contributed by atoms with Crippen molar-refractivity contribution in [3.05, 3.63) is 0 Å². The summed E-state index contributed by atoms with van der Waals surface area (Å²) in [5, 5.41) is 10.2. The first kappa shape index (κ1) is 10.1. The van der Waals surface area contributed by atoms with Crippen molar-refractivity contribution < 1.29 is 14.6 Å². The summed E-state index contributed by atoms with van der Waals surface area (Å²) >= 11 is 0. The lowest BCUT2D eigenvalue weighted by atomic mass is 9.86. The number of ether oxygens (including phenoxy) is 2. The van der Waals surface area contributed by atoms with Gasteiger partial charge in [0.15, 0.2) is 5.79 Å². The van der Waals surface area contributed by atoms with Crippen LogP contribution in [0, 0.1) is 11.8 Å². The summed E-state index contributed by atoms with van der Waals surface area (Å²) in [4.78, 5) is 0. The van der Waals surface area contributed by atoms with Crippen molar-refractivity contribution in [2.75, 3.05) is 13.2 Å². The van der Waals surface area contributed by atoms with E-state index in [1.54, 1.807) is 0 Å². The zero-order valence-corrected chi connectivity index (χ0v) is 9.15. The van der Waals surface area contributed by atoms with Gasteiger partial charge in [-0.2, -0.15) is 0 Å². The molecule has 3 aliphatic rings. The van der Waals surface area contributed by atoms with E-state index in [1.807, 2.05) is 0 Å². The van der Waals surface area contributed by atoms with Crippen LogP contribution in [0.2, 0.25) is 0 Å². The van der Waals surface area contributed by atoms with E-state index in [9.17, 15) is 5.11 Å². The molecule has 1 aliphatic heterocycles. The molecule has 3 rings (SSSR count). The summed E-state index contributed by atoms with van der Waals surface area (Å²) in [7, 11) is 0. The lowest BCUT2D eigenvalue weighted by Gasteiger charge is -2.34. The number of aliphatic hydroxyl groups excluding tert-OH is 1.